The van der Waals surface area contributed by atoms with Gasteiger partial charge in [0.1, 0.15) is 0 Å². The molecule has 1 fully saturated rings. The van der Waals surface area contributed by atoms with Crippen molar-refractivity contribution in [2.45, 2.75) is 64.3 Å². The number of anilines is 7. The van der Waals surface area contributed by atoms with Crippen LogP contribution in [0.2, 0.25) is 0 Å². The monoisotopic (exact) mass is 783 g/mol. The average molecular weight is 784 g/mol. The van der Waals surface area contributed by atoms with E-state index in [0.717, 1.165) is 84.8 Å². The van der Waals surface area contributed by atoms with Crippen molar-refractivity contribution in [1.82, 2.24) is 0 Å². The minimum absolute atomic E-state index is 0.431. The van der Waals surface area contributed by atoms with Crippen LogP contribution in [-0.2, 0) is 0 Å². The Balaban J connectivity index is 0.000000152. The Bertz CT molecular complexity index is 2280. The summed E-state index contributed by atoms with van der Waals surface area (Å²) in [5.74, 6) is 0.786. The van der Waals surface area contributed by atoms with Crippen LogP contribution in [0.3, 0.4) is 0 Å². The minimum atomic E-state index is 0.431. The van der Waals surface area contributed by atoms with Gasteiger partial charge in [0.05, 0.1) is 0 Å². The van der Waals surface area contributed by atoms with Gasteiger partial charge in [0, 0.05) is 78.5 Å². The van der Waals surface area contributed by atoms with Crippen LogP contribution in [0.5, 0.6) is 0 Å². The van der Waals surface area contributed by atoms with E-state index in [2.05, 4.69) is 68.7 Å². The highest BCUT2D eigenvalue weighted by molar-refractivity contribution is 6.01. The van der Waals surface area contributed by atoms with Crippen molar-refractivity contribution in [3.05, 3.63) is 163 Å². The van der Waals surface area contributed by atoms with E-state index in [1.165, 1.54) is 48.8 Å². The molecule has 7 aromatic rings. The molecule has 0 heterocycles. The van der Waals surface area contributed by atoms with E-state index in [1.54, 1.807) is 6.08 Å². The first-order valence-electron chi connectivity index (χ1n) is 20.5. The molecule has 0 amide bonds. The Morgan fingerprint density at radius 3 is 1.34 bits per heavy atom. The third-order valence-corrected chi connectivity index (χ3v) is 11.0. The molecule has 0 radical (unpaired) electrons. The minimum Gasteiger partial charge on any atom is -0.399 e. The summed E-state index contributed by atoms with van der Waals surface area (Å²) in [5.41, 5.74) is 46.4. The van der Waals surface area contributed by atoms with Crippen molar-refractivity contribution in [2.75, 3.05) is 39.7 Å². The number of rotatable bonds is 7. The van der Waals surface area contributed by atoms with Gasteiger partial charge in [-0.05, 0) is 97.3 Å². The summed E-state index contributed by atoms with van der Waals surface area (Å²) in [4.78, 5) is 0. The molecule has 1 unspecified atom stereocenters. The second kappa shape index (κ2) is 21.1. The molecule has 59 heavy (non-hydrogen) atoms. The van der Waals surface area contributed by atoms with Gasteiger partial charge in [0.2, 0.25) is 0 Å². The molecular weight excluding hydrogens is 723 g/mol. The summed E-state index contributed by atoms with van der Waals surface area (Å²) in [6, 6.07) is 44.6. The van der Waals surface area contributed by atoms with Gasteiger partial charge >= 0.3 is 0 Å². The Labute approximate surface area is 350 Å². The van der Waals surface area contributed by atoms with Crippen molar-refractivity contribution >= 4 is 73.5 Å². The van der Waals surface area contributed by atoms with Crippen molar-refractivity contribution < 1.29 is 0 Å². The van der Waals surface area contributed by atoms with Gasteiger partial charge < -0.3 is 39.7 Å². The molecule has 1 aliphatic carbocycles. The number of nitrogens with one attached hydrogen (secondary N) is 1. The first-order chi connectivity index (χ1) is 28.5. The molecule has 7 nitrogen and oxygen atoms in total. The van der Waals surface area contributed by atoms with Gasteiger partial charge in [-0.2, -0.15) is 0 Å². The lowest BCUT2D eigenvalue weighted by Gasteiger charge is -2.22. The van der Waals surface area contributed by atoms with Crippen molar-refractivity contribution in [3.63, 3.8) is 0 Å². The SMILES string of the molecule is C=Cc1c(N)ccc(NC(C)CC)c1C=C.Nc1ccc(-c2ccc(C3CCCCC3)cc2)cc1.Nc1ccc(N)c2ccccc12.Nc1ccc(N)c2ccccc12. The Hall–Kier alpha value is -6.86. The molecule has 13 N–H and O–H groups in total. The van der Waals surface area contributed by atoms with Gasteiger partial charge in [-0.15, -0.1) is 0 Å². The number of benzene rings is 7. The average Bonchev–Trinajstić information content (AvgIpc) is 3.28. The topological polar surface area (TPSA) is 168 Å². The van der Waals surface area contributed by atoms with Crippen molar-refractivity contribution in [1.29, 1.82) is 0 Å². The van der Waals surface area contributed by atoms with Gasteiger partial charge in [0.25, 0.3) is 0 Å². The summed E-state index contributed by atoms with van der Waals surface area (Å²) in [5, 5.41) is 7.54. The molecule has 0 spiro atoms. The zero-order valence-corrected chi connectivity index (χ0v) is 34.6. The fourth-order valence-electron chi connectivity index (χ4n) is 7.34. The van der Waals surface area contributed by atoms with Crippen LogP contribution in [0.15, 0.2) is 147 Å². The normalized spacial score (nSPS) is 12.7. The smallest absolute Gasteiger partial charge is 0.0423 e. The van der Waals surface area contributed by atoms with Crippen LogP contribution in [-0.4, -0.2) is 6.04 Å². The van der Waals surface area contributed by atoms with Crippen molar-refractivity contribution in [2.24, 2.45) is 0 Å². The molecular formula is C52H61N7. The third kappa shape index (κ3) is 11.4. The van der Waals surface area contributed by atoms with Crippen LogP contribution in [0.1, 0.15) is 75.0 Å². The summed E-state index contributed by atoms with van der Waals surface area (Å²) < 4.78 is 0. The molecule has 1 saturated carbocycles. The maximum Gasteiger partial charge on any atom is 0.0423 e. The molecule has 0 bridgehead atoms. The predicted octanol–water partition coefficient (Wildman–Crippen LogP) is 12.8. The van der Waals surface area contributed by atoms with E-state index in [4.69, 9.17) is 34.4 Å². The summed E-state index contributed by atoms with van der Waals surface area (Å²) >= 11 is 0. The van der Waals surface area contributed by atoms with Crippen LogP contribution < -0.4 is 39.7 Å². The fraction of sp³-hybridized carbons (Fsp3) is 0.192. The first-order valence-corrected chi connectivity index (χ1v) is 20.5. The summed E-state index contributed by atoms with van der Waals surface area (Å²) in [6.45, 7) is 11.9. The van der Waals surface area contributed by atoms with Gasteiger partial charge in [0.15, 0.2) is 0 Å². The van der Waals surface area contributed by atoms with Gasteiger partial charge in [-0.3, -0.25) is 0 Å². The highest BCUT2D eigenvalue weighted by Gasteiger charge is 2.15. The van der Waals surface area contributed by atoms with E-state index in [1.807, 2.05) is 103 Å². The highest BCUT2D eigenvalue weighted by atomic mass is 14.9. The highest BCUT2D eigenvalue weighted by Crippen LogP contribution is 2.34. The molecule has 0 aromatic heterocycles. The predicted molar refractivity (Wildman–Crippen MR) is 262 cm³/mol. The third-order valence-electron chi connectivity index (χ3n) is 11.0. The maximum absolute atomic E-state index is 5.89. The van der Waals surface area contributed by atoms with Gasteiger partial charge in [-0.25, -0.2) is 0 Å². The Kier molecular flexibility index (Phi) is 15.4. The van der Waals surface area contributed by atoms with Gasteiger partial charge in [-0.1, -0.05) is 136 Å². The molecule has 1 aliphatic rings. The lowest BCUT2D eigenvalue weighted by Crippen LogP contribution is -2.14. The van der Waals surface area contributed by atoms with E-state index in [0.29, 0.717) is 6.04 Å². The van der Waals surface area contributed by atoms with Crippen molar-refractivity contribution in [3.8, 4) is 11.1 Å². The molecule has 0 aliphatic heterocycles. The first kappa shape index (κ1) is 43.3. The van der Waals surface area contributed by atoms with Crippen LogP contribution >= 0.6 is 0 Å². The zero-order valence-electron chi connectivity index (χ0n) is 34.6. The van der Waals surface area contributed by atoms with E-state index < -0.39 is 0 Å². The standard InChI is InChI=1S/C18H21N.C14H20N2.2C10H10N2/c19-18-12-10-17(11-13-18)16-8-6-15(7-9-16)14-4-2-1-3-5-14;1-5-10(4)16-14-9-8-13(15)11(6-2)12(14)7-3;2*11-9-5-6-10(12)8-4-2-1-3-7(8)9/h6-14H,1-5,19H2;6-10,16H,2-3,5,15H2,1,4H3;2*1-6H,11-12H2. The second-order valence-corrected chi connectivity index (χ2v) is 15.0. The lowest BCUT2D eigenvalue weighted by molar-refractivity contribution is 0.443. The zero-order chi connectivity index (χ0) is 42.3. The second-order valence-electron chi connectivity index (χ2n) is 15.0. The van der Waals surface area contributed by atoms with E-state index in [9.17, 15) is 0 Å². The lowest BCUT2D eigenvalue weighted by atomic mass is 9.84. The molecule has 1 atom stereocenters. The number of hydrogen-bond acceptors (Lipinski definition) is 7. The van der Waals surface area contributed by atoms with Crippen LogP contribution in [0.25, 0.3) is 44.8 Å². The van der Waals surface area contributed by atoms with Crippen LogP contribution in [0.4, 0.5) is 39.8 Å². The molecule has 7 aromatic carbocycles. The molecule has 304 valence electrons. The number of nitrogen functional groups attached to an aromatic ring is 6. The van der Waals surface area contributed by atoms with E-state index in [-0.39, 0.29) is 0 Å². The number of hydrogen-bond donors (Lipinski definition) is 7. The quantitative estimate of drug-likeness (QED) is 0.0789. The largest absolute Gasteiger partial charge is 0.399 e. The van der Waals surface area contributed by atoms with E-state index >= 15 is 0 Å². The Morgan fingerprint density at radius 1 is 0.525 bits per heavy atom. The molecule has 8 rings (SSSR count). The number of fused-ring (bicyclic) bond motifs is 2. The van der Waals surface area contributed by atoms with Crippen LogP contribution in [0, 0.1) is 0 Å². The Morgan fingerprint density at radius 2 is 0.932 bits per heavy atom. The fourth-order valence-corrected chi connectivity index (χ4v) is 7.34. The molecule has 7 heteroatoms. The summed E-state index contributed by atoms with van der Waals surface area (Å²) in [7, 11) is 0. The summed E-state index contributed by atoms with van der Waals surface area (Å²) in [6.07, 6.45) is 11.6. The molecule has 0 saturated heterocycles. The number of nitrogens with two attached hydrogens (primary N) is 6. The maximum atomic E-state index is 5.89.